The molecule has 9 heteroatoms. The normalized spacial score (nSPS) is 19.9. The Labute approximate surface area is 210 Å². The number of pyridine rings is 1. The zero-order valence-electron chi connectivity index (χ0n) is 20.4. The van der Waals surface area contributed by atoms with E-state index in [2.05, 4.69) is 16.5 Å². The molecule has 1 aromatic heterocycles. The van der Waals surface area contributed by atoms with Gasteiger partial charge >= 0.3 is 0 Å². The molecule has 2 aromatic rings. The van der Waals surface area contributed by atoms with Gasteiger partial charge in [-0.1, -0.05) is 18.7 Å². The van der Waals surface area contributed by atoms with E-state index >= 15 is 0 Å². The minimum absolute atomic E-state index is 0.0374. The maximum Gasteiger partial charge on any atom is 0.295 e. The van der Waals surface area contributed by atoms with Crippen LogP contribution in [-0.2, 0) is 14.3 Å². The van der Waals surface area contributed by atoms with Crippen LogP contribution in [0, 0.1) is 0 Å². The van der Waals surface area contributed by atoms with Gasteiger partial charge in [0, 0.05) is 44.1 Å². The number of benzene rings is 1. The quantitative estimate of drug-likeness (QED) is 0.233. The number of hydrogen-bond donors (Lipinski definition) is 1. The molecule has 9 nitrogen and oxygen atoms in total. The maximum absolute atomic E-state index is 13.3. The highest BCUT2D eigenvalue weighted by molar-refractivity contribution is 6.46. The number of ether oxygens (including phenoxy) is 3. The zero-order chi connectivity index (χ0) is 25.5. The molecule has 1 amide bonds. The van der Waals surface area contributed by atoms with E-state index < -0.39 is 17.7 Å². The molecule has 0 bridgehead atoms. The Morgan fingerprint density at radius 1 is 1.14 bits per heavy atom. The van der Waals surface area contributed by atoms with Gasteiger partial charge in [0.15, 0.2) is 11.5 Å². The number of ketones is 1. The highest BCUT2D eigenvalue weighted by Gasteiger charge is 2.46. The summed E-state index contributed by atoms with van der Waals surface area (Å²) in [6.45, 7) is 9.94. The van der Waals surface area contributed by atoms with Crippen molar-refractivity contribution >= 4 is 17.4 Å². The Balaban J connectivity index is 1.76. The molecular formula is C27H31N3O6. The first-order valence-electron chi connectivity index (χ1n) is 12.0. The van der Waals surface area contributed by atoms with Gasteiger partial charge in [0.25, 0.3) is 11.7 Å². The summed E-state index contributed by atoms with van der Waals surface area (Å²) in [7, 11) is 0. The summed E-state index contributed by atoms with van der Waals surface area (Å²) in [5.74, 6) is -0.589. The molecule has 1 atom stereocenters. The van der Waals surface area contributed by atoms with E-state index in [1.54, 1.807) is 36.4 Å². The number of carbonyl (C=O) groups excluding carboxylic acids is 2. The van der Waals surface area contributed by atoms with Crippen LogP contribution in [0.2, 0.25) is 0 Å². The third-order valence-electron chi connectivity index (χ3n) is 6.19. The van der Waals surface area contributed by atoms with Gasteiger partial charge in [-0.25, -0.2) is 0 Å². The second-order valence-corrected chi connectivity index (χ2v) is 8.42. The van der Waals surface area contributed by atoms with Gasteiger partial charge in [-0.2, -0.15) is 0 Å². The predicted molar refractivity (Wildman–Crippen MR) is 134 cm³/mol. The number of amides is 1. The van der Waals surface area contributed by atoms with Gasteiger partial charge in [-0.05, 0) is 36.8 Å². The van der Waals surface area contributed by atoms with Crippen molar-refractivity contribution in [1.29, 1.82) is 0 Å². The van der Waals surface area contributed by atoms with E-state index in [-0.39, 0.29) is 11.3 Å². The van der Waals surface area contributed by atoms with Crippen molar-refractivity contribution in [2.45, 2.75) is 13.0 Å². The van der Waals surface area contributed by atoms with Gasteiger partial charge in [-0.15, -0.1) is 0 Å². The molecule has 1 aromatic carbocycles. The molecule has 1 N–H and O–H groups in total. The molecule has 2 fully saturated rings. The van der Waals surface area contributed by atoms with Crippen molar-refractivity contribution in [3.8, 4) is 11.5 Å². The van der Waals surface area contributed by atoms with Crippen molar-refractivity contribution in [3.05, 3.63) is 72.1 Å². The van der Waals surface area contributed by atoms with Crippen molar-refractivity contribution in [2.24, 2.45) is 0 Å². The minimum atomic E-state index is -0.785. The third kappa shape index (κ3) is 5.42. The van der Waals surface area contributed by atoms with Gasteiger partial charge in [-0.3, -0.25) is 19.5 Å². The van der Waals surface area contributed by atoms with Crippen molar-refractivity contribution in [1.82, 2.24) is 14.8 Å². The van der Waals surface area contributed by atoms with E-state index in [9.17, 15) is 14.7 Å². The lowest BCUT2D eigenvalue weighted by Gasteiger charge is -2.31. The summed E-state index contributed by atoms with van der Waals surface area (Å²) in [6, 6.07) is 7.72. The molecule has 3 heterocycles. The molecule has 2 aliphatic rings. The Hall–Kier alpha value is -3.69. The fourth-order valence-electron chi connectivity index (χ4n) is 4.43. The third-order valence-corrected chi connectivity index (χ3v) is 6.19. The average Bonchev–Trinajstić information content (AvgIpc) is 3.17. The Morgan fingerprint density at radius 2 is 1.89 bits per heavy atom. The van der Waals surface area contributed by atoms with Gasteiger partial charge in [0.2, 0.25) is 0 Å². The molecule has 1 unspecified atom stereocenters. The molecule has 36 heavy (non-hydrogen) atoms. The topological polar surface area (TPSA) is 101 Å². The first-order valence-corrected chi connectivity index (χ1v) is 12.0. The van der Waals surface area contributed by atoms with Crippen molar-refractivity contribution < 1.29 is 28.9 Å². The van der Waals surface area contributed by atoms with E-state index in [4.69, 9.17) is 14.2 Å². The molecule has 190 valence electrons. The monoisotopic (exact) mass is 493 g/mol. The number of rotatable bonds is 10. The minimum Gasteiger partial charge on any atom is -0.507 e. The van der Waals surface area contributed by atoms with Crippen LogP contribution >= 0.6 is 0 Å². The average molecular weight is 494 g/mol. The second-order valence-electron chi connectivity index (χ2n) is 8.42. The molecule has 0 aliphatic carbocycles. The molecule has 2 saturated heterocycles. The Kier molecular flexibility index (Phi) is 8.35. The second kappa shape index (κ2) is 11.8. The van der Waals surface area contributed by atoms with Gasteiger partial charge in [0.1, 0.15) is 12.4 Å². The van der Waals surface area contributed by atoms with Gasteiger partial charge < -0.3 is 24.2 Å². The first kappa shape index (κ1) is 25.4. The van der Waals surface area contributed by atoms with Crippen LogP contribution in [0.3, 0.4) is 0 Å². The van der Waals surface area contributed by atoms with E-state index in [1.807, 2.05) is 6.92 Å². The molecular weight excluding hydrogens is 462 g/mol. The summed E-state index contributed by atoms with van der Waals surface area (Å²) in [5, 5.41) is 11.2. The zero-order valence-corrected chi connectivity index (χ0v) is 20.4. The van der Waals surface area contributed by atoms with Crippen LogP contribution in [0.1, 0.15) is 24.1 Å². The number of aliphatic hydroxyl groups is 1. The van der Waals surface area contributed by atoms with Crippen LogP contribution in [0.4, 0.5) is 0 Å². The Bertz CT molecular complexity index is 1130. The van der Waals surface area contributed by atoms with E-state index in [0.29, 0.717) is 62.1 Å². The first-order chi connectivity index (χ1) is 17.5. The number of carbonyl (C=O) groups is 2. The van der Waals surface area contributed by atoms with E-state index in [1.165, 1.54) is 17.3 Å². The lowest BCUT2D eigenvalue weighted by atomic mass is 9.95. The molecule has 0 saturated carbocycles. The number of nitrogens with zero attached hydrogens (tertiary/aromatic N) is 3. The van der Waals surface area contributed by atoms with E-state index in [0.717, 1.165) is 13.1 Å². The lowest BCUT2D eigenvalue weighted by molar-refractivity contribution is -0.140. The summed E-state index contributed by atoms with van der Waals surface area (Å²) in [6.07, 6.45) is 4.69. The van der Waals surface area contributed by atoms with Crippen LogP contribution in [0.5, 0.6) is 11.5 Å². The number of aliphatic hydroxyl groups excluding tert-OH is 1. The SMILES string of the molecule is C=CCOc1ccc(C2C(=C(O)c3ccncc3)C(=O)C(=O)N2CCN2CCOCC2)cc1OCC. The predicted octanol–water partition coefficient (Wildman–Crippen LogP) is 2.80. The van der Waals surface area contributed by atoms with Crippen LogP contribution in [0.25, 0.3) is 5.76 Å². The molecule has 0 spiro atoms. The summed E-state index contributed by atoms with van der Waals surface area (Å²) < 4.78 is 16.9. The summed E-state index contributed by atoms with van der Waals surface area (Å²) in [5.41, 5.74) is 1.09. The maximum atomic E-state index is 13.3. The largest absolute Gasteiger partial charge is 0.507 e. The molecule has 4 rings (SSSR count). The van der Waals surface area contributed by atoms with Crippen LogP contribution < -0.4 is 9.47 Å². The van der Waals surface area contributed by atoms with Crippen molar-refractivity contribution in [3.63, 3.8) is 0 Å². The number of Topliss-reactive ketones (excluding diaryl/α,β-unsaturated/α-hetero) is 1. The fraction of sp³-hybridized carbons (Fsp3) is 0.370. The van der Waals surface area contributed by atoms with Gasteiger partial charge in [0.05, 0.1) is 31.4 Å². The molecule has 0 radical (unpaired) electrons. The number of likely N-dealkylation sites (tertiary alicyclic amines) is 1. The van der Waals surface area contributed by atoms with Crippen molar-refractivity contribution in [2.75, 3.05) is 52.6 Å². The standard InChI is InChI=1S/C27H31N3O6/c1-3-15-36-21-6-5-20(18-22(21)35-4-2)24-23(25(31)19-7-9-28-10-8-19)26(32)27(33)30(24)12-11-29-13-16-34-17-14-29/h3,5-10,18,24,31H,1,4,11-17H2,2H3. The highest BCUT2D eigenvalue weighted by atomic mass is 16.5. The highest BCUT2D eigenvalue weighted by Crippen LogP contribution is 2.42. The number of morpholine rings is 1. The smallest absolute Gasteiger partial charge is 0.295 e. The summed E-state index contributed by atoms with van der Waals surface area (Å²) >= 11 is 0. The number of hydrogen-bond acceptors (Lipinski definition) is 8. The molecule has 2 aliphatic heterocycles. The summed E-state index contributed by atoms with van der Waals surface area (Å²) in [4.78, 5) is 34.2. The van der Waals surface area contributed by atoms with Crippen LogP contribution in [-0.4, -0.2) is 84.2 Å². The fourth-order valence-corrected chi connectivity index (χ4v) is 4.43. The Morgan fingerprint density at radius 3 is 2.58 bits per heavy atom. The van der Waals surface area contributed by atoms with Crippen LogP contribution in [0.15, 0.2) is 61.0 Å². The number of aromatic nitrogens is 1. The lowest BCUT2D eigenvalue weighted by Crippen LogP contribution is -2.42.